The zero-order valence-electron chi connectivity index (χ0n) is 14.2. The number of hydrogen-bond acceptors (Lipinski definition) is 2. The number of benzene rings is 2. The van der Waals surface area contributed by atoms with Gasteiger partial charge in [-0.1, -0.05) is 17.7 Å². The Morgan fingerprint density at radius 3 is 2.56 bits per heavy atom. The minimum atomic E-state index is -0.863. The number of hydrogen-bond donors (Lipinski definition) is 1. The minimum absolute atomic E-state index is 0.124. The first kappa shape index (κ1) is 17.1. The van der Waals surface area contributed by atoms with Crippen molar-refractivity contribution in [2.45, 2.75) is 26.2 Å². The fraction of sp³-hybridized carbons (Fsp3) is 0.263. The zero-order chi connectivity index (χ0) is 18.4. The van der Waals surface area contributed by atoms with E-state index in [2.05, 4.69) is 5.32 Å². The molecule has 0 saturated heterocycles. The number of carbonyl (C=O) groups excluding carboxylic acids is 2. The number of amides is 2. The molecule has 0 aromatic heterocycles. The summed E-state index contributed by atoms with van der Waals surface area (Å²) in [5, 5.41) is 2.38. The summed E-state index contributed by atoms with van der Waals surface area (Å²) >= 11 is 0. The summed E-state index contributed by atoms with van der Waals surface area (Å²) in [6.07, 6.45) is 0. The molecule has 0 radical (unpaired) electrons. The van der Waals surface area contributed by atoms with Crippen molar-refractivity contribution < 1.29 is 18.4 Å². The number of rotatable bonds is 3. The summed E-state index contributed by atoms with van der Waals surface area (Å²) in [5.41, 5.74) is 1.71. The summed E-state index contributed by atoms with van der Waals surface area (Å²) in [4.78, 5) is 26.4. The van der Waals surface area contributed by atoms with Gasteiger partial charge in [-0.3, -0.25) is 9.59 Å². The van der Waals surface area contributed by atoms with E-state index in [0.717, 1.165) is 23.3 Å². The van der Waals surface area contributed by atoms with Gasteiger partial charge in [0.15, 0.2) is 0 Å². The number of halogens is 2. The maximum atomic E-state index is 13.7. The highest BCUT2D eigenvalue weighted by Gasteiger charge is 2.44. The quantitative estimate of drug-likeness (QED) is 0.926. The van der Waals surface area contributed by atoms with E-state index in [-0.39, 0.29) is 18.1 Å². The van der Waals surface area contributed by atoms with E-state index in [1.807, 2.05) is 39.0 Å². The molecule has 2 amide bonds. The van der Waals surface area contributed by atoms with Crippen molar-refractivity contribution in [2.75, 3.05) is 16.8 Å². The monoisotopic (exact) mass is 344 g/mol. The summed E-state index contributed by atoms with van der Waals surface area (Å²) in [6, 6.07) is 8.51. The normalized spacial score (nSPS) is 15.2. The first-order chi connectivity index (χ1) is 11.7. The van der Waals surface area contributed by atoms with Crippen LogP contribution in [0.1, 0.15) is 25.0 Å². The Kier molecular flexibility index (Phi) is 4.06. The van der Waals surface area contributed by atoms with E-state index in [1.54, 1.807) is 0 Å². The summed E-state index contributed by atoms with van der Waals surface area (Å²) in [5.74, 6) is -2.33. The summed E-state index contributed by atoms with van der Waals surface area (Å²) < 4.78 is 26.6. The Balaban J connectivity index is 1.83. The molecule has 2 aromatic carbocycles. The fourth-order valence-electron chi connectivity index (χ4n) is 3.03. The third kappa shape index (κ3) is 2.99. The molecular weight excluding hydrogens is 326 g/mol. The van der Waals surface area contributed by atoms with Crippen LogP contribution in [0.25, 0.3) is 0 Å². The Bertz CT molecular complexity index is 878. The third-order valence-corrected chi connectivity index (χ3v) is 4.40. The lowest BCUT2D eigenvalue weighted by molar-refractivity contribution is -0.124. The molecule has 1 aliphatic heterocycles. The Labute approximate surface area is 144 Å². The van der Waals surface area contributed by atoms with Gasteiger partial charge in [0.2, 0.25) is 11.8 Å². The van der Waals surface area contributed by atoms with Crippen LogP contribution in [0.2, 0.25) is 0 Å². The lowest BCUT2D eigenvalue weighted by Crippen LogP contribution is -2.40. The van der Waals surface area contributed by atoms with Gasteiger partial charge in [0, 0.05) is 11.8 Å². The Hall–Kier alpha value is -2.76. The van der Waals surface area contributed by atoms with E-state index in [4.69, 9.17) is 0 Å². The van der Waals surface area contributed by atoms with Crippen molar-refractivity contribution in [3.63, 3.8) is 0 Å². The van der Waals surface area contributed by atoms with Crippen LogP contribution in [0.15, 0.2) is 36.4 Å². The van der Waals surface area contributed by atoms with Crippen LogP contribution in [0.4, 0.5) is 20.2 Å². The molecule has 1 N–H and O–H groups in total. The molecule has 0 unspecified atom stereocenters. The summed E-state index contributed by atoms with van der Waals surface area (Å²) in [6.45, 7) is 5.32. The molecule has 0 atom stereocenters. The predicted octanol–water partition coefficient (Wildman–Crippen LogP) is 3.54. The highest BCUT2D eigenvalue weighted by Crippen LogP contribution is 2.41. The van der Waals surface area contributed by atoms with E-state index in [1.165, 1.54) is 4.90 Å². The van der Waals surface area contributed by atoms with Crippen molar-refractivity contribution in [3.05, 3.63) is 59.2 Å². The highest BCUT2D eigenvalue weighted by atomic mass is 19.1. The van der Waals surface area contributed by atoms with Gasteiger partial charge in [0.1, 0.15) is 18.2 Å². The maximum Gasteiger partial charge on any atom is 0.244 e. The van der Waals surface area contributed by atoms with Crippen LogP contribution in [0.5, 0.6) is 0 Å². The van der Waals surface area contributed by atoms with Crippen LogP contribution in [-0.4, -0.2) is 18.4 Å². The largest absolute Gasteiger partial charge is 0.322 e. The molecule has 25 heavy (non-hydrogen) atoms. The lowest BCUT2D eigenvalue weighted by atomic mass is 9.85. The molecule has 0 bridgehead atoms. The van der Waals surface area contributed by atoms with Gasteiger partial charge in [0.25, 0.3) is 0 Å². The van der Waals surface area contributed by atoms with Gasteiger partial charge >= 0.3 is 0 Å². The van der Waals surface area contributed by atoms with Crippen LogP contribution < -0.4 is 10.2 Å². The van der Waals surface area contributed by atoms with Gasteiger partial charge in [-0.05, 0) is 44.5 Å². The standard InChI is InChI=1S/C19H18F2N2O2/c1-11-4-7-16-13(8-11)19(2,3)18(25)23(16)10-17(24)22-15-6-5-12(20)9-14(15)21/h4-9H,10H2,1-3H3,(H,22,24). The van der Waals surface area contributed by atoms with Gasteiger partial charge in [-0.25, -0.2) is 8.78 Å². The average Bonchev–Trinajstić information content (AvgIpc) is 2.71. The topological polar surface area (TPSA) is 49.4 Å². The Morgan fingerprint density at radius 2 is 1.88 bits per heavy atom. The Morgan fingerprint density at radius 1 is 1.16 bits per heavy atom. The van der Waals surface area contributed by atoms with Gasteiger partial charge < -0.3 is 10.2 Å². The van der Waals surface area contributed by atoms with Crippen molar-refractivity contribution in [1.82, 2.24) is 0 Å². The smallest absolute Gasteiger partial charge is 0.244 e. The first-order valence-electron chi connectivity index (χ1n) is 7.88. The van der Waals surface area contributed by atoms with Crippen LogP contribution in [-0.2, 0) is 15.0 Å². The van der Waals surface area contributed by atoms with Crippen molar-refractivity contribution in [3.8, 4) is 0 Å². The first-order valence-corrected chi connectivity index (χ1v) is 7.88. The number of carbonyl (C=O) groups is 2. The second-order valence-electron chi connectivity index (χ2n) is 6.71. The molecular formula is C19H18F2N2O2. The van der Waals surface area contributed by atoms with Gasteiger partial charge in [-0.15, -0.1) is 0 Å². The second kappa shape index (κ2) is 5.95. The fourth-order valence-corrected chi connectivity index (χ4v) is 3.03. The molecule has 130 valence electrons. The van der Waals surface area contributed by atoms with E-state index < -0.39 is 23.0 Å². The van der Waals surface area contributed by atoms with E-state index in [0.29, 0.717) is 11.8 Å². The molecule has 1 heterocycles. The molecule has 0 spiro atoms. The molecule has 3 rings (SSSR count). The molecule has 0 fully saturated rings. The SMILES string of the molecule is Cc1ccc2c(c1)C(C)(C)C(=O)N2CC(=O)Nc1ccc(F)cc1F. The summed E-state index contributed by atoms with van der Waals surface area (Å²) in [7, 11) is 0. The number of nitrogens with one attached hydrogen (secondary N) is 1. The second-order valence-corrected chi connectivity index (χ2v) is 6.71. The molecule has 0 saturated carbocycles. The molecule has 1 aliphatic rings. The molecule has 0 aliphatic carbocycles. The van der Waals surface area contributed by atoms with Crippen molar-refractivity contribution in [1.29, 1.82) is 0 Å². The van der Waals surface area contributed by atoms with Crippen molar-refractivity contribution >= 4 is 23.2 Å². The number of fused-ring (bicyclic) bond motifs is 1. The van der Waals surface area contributed by atoms with Gasteiger partial charge in [-0.2, -0.15) is 0 Å². The minimum Gasteiger partial charge on any atom is -0.322 e. The molecule has 4 nitrogen and oxygen atoms in total. The van der Waals surface area contributed by atoms with Crippen LogP contribution in [0, 0.1) is 18.6 Å². The van der Waals surface area contributed by atoms with Crippen LogP contribution >= 0.6 is 0 Å². The zero-order valence-corrected chi connectivity index (χ0v) is 14.2. The van der Waals surface area contributed by atoms with Crippen LogP contribution in [0.3, 0.4) is 0 Å². The molecule has 2 aromatic rings. The highest BCUT2D eigenvalue weighted by molar-refractivity contribution is 6.11. The average molecular weight is 344 g/mol. The maximum absolute atomic E-state index is 13.7. The van der Waals surface area contributed by atoms with E-state index >= 15 is 0 Å². The lowest BCUT2D eigenvalue weighted by Gasteiger charge is -2.20. The number of aryl methyl sites for hydroxylation is 1. The van der Waals surface area contributed by atoms with Crippen molar-refractivity contribution in [2.24, 2.45) is 0 Å². The molecule has 6 heteroatoms. The van der Waals surface area contributed by atoms with Gasteiger partial charge in [0.05, 0.1) is 11.1 Å². The van der Waals surface area contributed by atoms with E-state index in [9.17, 15) is 18.4 Å². The predicted molar refractivity (Wildman–Crippen MR) is 91.5 cm³/mol. The third-order valence-electron chi connectivity index (χ3n) is 4.40. The number of anilines is 2. The number of nitrogens with zero attached hydrogens (tertiary/aromatic N) is 1.